The number of hydrogen-bond donors (Lipinski definition) is 2. The van der Waals surface area contributed by atoms with Crippen molar-refractivity contribution >= 4 is 45.6 Å². The van der Waals surface area contributed by atoms with Gasteiger partial charge in [0.25, 0.3) is 0 Å². The SMILES string of the molecule is CCOC(=O)c1sc(NC(=S)NC2CCC(CC)CC2)c(C(=O)OCC)c1C. The number of hydrogen-bond acceptors (Lipinski definition) is 6. The van der Waals surface area contributed by atoms with Gasteiger partial charge in [-0.2, -0.15) is 0 Å². The van der Waals surface area contributed by atoms with E-state index in [0.29, 0.717) is 32.2 Å². The number of carbonyl (C=O) groups is 2. The fourth-order valence-corrected chi connectivity index (χ4v) is 4.91. The molecule has 8 heteroatoms. The molecule has 0 bridgehead atoms. The Morgan fingerprint density at radius 3 is 2.25 bits per heavy atom. The fraction of sp³-hybridized carbons (Fsp3) is 0.650. The molecule has 1 aromatic rings. The van der Waals surface area contributed by atoms with Gasteiger partial charge in [-0.25, -0.2) is 9.59 Å². The molecule has 28 heavy (non-hydrogen) atoms. The zero-order chi connectivity index (χ0) is 20.7. The summed E-state index contributed by atoms with van der Waals surface area (Å²) in [6, 6.07) is 0.333. The summed E-state index contributed by atoms with van der Waals surface area (Å²) in [7, 11) is 0. The van der Waals surface area contributed by atoms with Crippen molar-refractivity contribution in [2.75, 3.05) is 18.5 Å². The van der Waals surface area contributed by atoms with E-state index in [-0.39, 0.29) is 13.2 Å². The molecule has 0 aromatic carbocycles. The third-order valence-electron chi connectivity index (χ3n) is 5.07. The topological polar surface area (TPSA) is 76.7 Å². The maximum absolute atomic E-state index is 12.4. The lowest BCUT2D eigenvalue weighted by Crippen LogP contribution is -2.40. The standard InChI is InChI=1S/C20H30N2O4S2/c1-5-13-8-10-14(11-9-13)21-20(27)22-17-15(18(23)25-6-2)12(4)16(28-17)19(24)26-7-3/h13-14H,5-11H2,1-4H3,(H2,21,22,27). The Morgan fingerprint density at radius 1 is 1.07 bits per heavy atom. The predicted molar refractivity (Wildman–Crippen MR) is 116 cm³/mol. The van der Waals surface area contributed by atoms with Crippen LogP contribution in [0.2, 0.25) is 0 Å². The monoisotopic (exact) mass is 426 g/mol. The van der Waals surface area contributed by atoms with Gasteiger partial charge >= 0.3 is 11.9 Å². The zero-order valence-electron chi connectivity index (χ0n) is 17.1. The molecule has 1 aromatic heterocycles. The molecule has 0 amide bonds. The van der Waals surface area contributed by atoms with Gasteiger partial charge in [0, 0.05) is 6.04 Å². The Bertz CT molecular complexity index is 709. The Hall–Kier alpha value is -1.67. The lowest BCUT2D eigenvalue weighted by atomic mass is 9.85. The predicted octanol–water partition coefficient (Wildman–Crippen LogP) is 4.67. The van der Waals surface area contributed by atoms with Crippen LogP contribution in [0.5, 0.6) is 0 Å². The van der Waals surface area contributed by atoms with E-state index in [9.17, 15) is 9.59 Å². The van der Waals surface area contributed by atoms with Crippen LogP contribution in [0.1, 0.15) is 78.5 Å². The molecule has 0 aliphatic heterocycles. The first-order valence-corrected chi connectivity index (χ1v) is 11.2. The van der Waals surface area contributed by atoms with Gasteiger partial charge in [0.05, 0.1) is 18.8 Å². The van der Waals surface area contributed by atoms with Crippen LogP contribution in [-0.2, 0) is 9.47 Å². The Balaban J connectivity index is 2.14. The summed E-state index contributed by atoms with van der Waals surface area (Å²) >= 11 is 6.64. The summed E-state index contributed by atoms with van der Waals surface area (Å²) < 4.78 is 10.3. The van der Waals surface area contributed by atoms with Crippen LogP contribution in [0, 0.1) is 12.8 Å². The smallest absolute Gasteiger partial charge is 0.348 e. The van der Waals surface area contributed by atoms with E-state index in [4.69, 9.17) is 21.7 Å². The number of anilines is 1. The third kappa shape index (κ3) is 5.67. The number of ether oxygens (including phenoxy) is 2. The van der Waals surface area contributed by atoms with Crippen LogP contribution in [0.3, 0.4) is 0 Å². The van der Waals surface area contributed by atoms with Gasteiger partial charge in [-0.1, -0.05) is 13.3 Å². The summed E-state index contributed by atoms with van der Waals surface area (Å²) in [5, 5.41) is 7.44. The molecule has 1 saturated carbocycles. The van der Waals surface area contributed by atoms with Crippen molar-refractivity contribution in [1.82, 2.24) is 5.32 Å². The molecule has 1 aliphatic carbocycles. The van der Waals surface area contributed by atoms with Gasteiger partial charge in [0.1, 0.15) is 9.88 Å². The zero-order valence-corrected chi connectivity index (χ0v) is 18.7. The average molecular weight is 427 g/mol. The van der Waals surface area contributed by atoms with Crippen molar-refractivity contribution in [3.63, 3.8) is 0 Å². The number of nitrogens with one attached hydrogen (secondary N) is 2. The molecule has 156 valence electrons. The van der Waals surface area contributed by atoms with E-state index in [0.717, 1.165) is 18.8 Å². The minimum Gasteiger partial charge on any atom is -0.462 e. The van der Waals surface area contributed by atoms with Crippen LogP contribution < -0.4 is 10.6 Å². The highest BCUT2D eigenvalue weighted by Crippen LogP contribution is 2.34. The van der Waals surface area contributed by atoms with Gasteiger partial charge in [0.15, 0.2) is 5.11 Å². The second-order valence-electron chi connectivity index (χ2n) is 6.93. The highest BCUT2D eigenvalue weighted by molar-refractivity contribution is 7.80. The van der Waals surface area contributed by atoms with Crippen molar-refractivity contribution in [2.24, 2.45) is 5.92 Å². The van der Waals surface area contributed by atoms with Crippen LogP contribution in [0.15, 0.2) is 0 Å². The first-order chi connectivity index (χ1) is 13.4. The molecule has 6 nitrogen and oxygen atoms in total. The highest BCUT2D eigenvalue weighted by Gasteiger charge is 2.27. The normalized spacial score (nSPS) is 19.0. The van der Waals surface area contributed by atoms with E-state index in [2.05, 4.69) is 17.6 Å². The van der Waals surface area contributed by atoms with Crippen LogP contribution >= 0.6 is 23.6 Å². The summed E-state index contributed by atoms with van der Waals surface area (Å²) in [5.41, 5.74) is 0.893. The maximum Gasteiger partial charge on any atom is 0.348 e. The summed E-state index contributed by atoms with van der Waals surface area (Å²) in [6.45, 7) is 7.99. The Kier molecular flexibility index (Phi) is 8.69. The van der Waals surface area contributed by atoms with E-state index in [1.165, 1.54) is 30.6 Å². The van der Waals surface area contributed by atoms with Crippen molar-refractivity contribution in [2.45, 2.75) is 65.8 Å². The van der Waals surface area contributed by atoms with Crippen molar-refractivity contribution in [3.05, 3.63) is 16.0 Å². The molecule has 1 aliphatic rings. The number of carbonyl (C=O) groups excluding carboxylic acids is 2. The summed E-state index contributed by atoms with van der Waals surface area (Å²) in [5.74, 6) is -0.108. The molecule has 1 fully saturated rings. The largest absolute Gasteiger partial charge is 0.462 e. The molecule has 0 spiro atoms. The van der Waals surface area contributed by atoms with Crippen LogP contribution in [-0.4, -0.2) is 36.3 Å². The van der Waals surface area contributed by atoms with E-state index in [1.807, 2.05) is 0 Å². The summed E-state index contributed by atoms with van der Waals surface area (Å²) in [4.78, 5) is 25.1. The highest BCUT2D eigenvalue weighted by atomic mass is 32.1. The second kappa shape index (κ2) is 10.8. The van der Waals surface area contributed by atoms with Crippen molar-refractivity contribution < 1.29 is 19.1 Å². The van der Waals surface area contributed by atoms with E-state index in [1.54, 1.807) is 20.8 Å². The Labute approximate surface area is 176 Å². The molecule has 0 atom stereocenters. The first kappa shape index (κ1) is 22.6. The molecule has 0 unspecified atom stereocenters. The first-order valence-electron chi connectivity index (χ1n) is 9.96. The molecule has 2 rings (SSSR count). The average Bonchev–Trinajstić information content (AvgIpc) is 2.98. The minimum atomic E-state index is -0.472. The number of thiocarbonyl (C=S) groups is 1. The second-order valence-corrected chi connectivity index (χ2v) is 8.35. The number of rotatable bonds is 7. The van der Waals surface area contributed by atoms with E-state index >= 15 is 0 Å². The summed E-state index contributed by atoms with van der Waals surface area (Å²) in [6.07, 6.45) is 5.81. The van der Waals surface area contributed by atoms with Gasteiger partial charge in [-0.05, 0) is 70.2 Å². The molecule has 2 N–H and O–H groups in total. The molecule has 0 radical (unpaired) electrons. The molecular formula is C20H30N2O4S2. The van der Waals surface area contributed by atoms with Gasteiger partial charge in [-0.15, -0.1) is 11.3 Å². The van der Waals surface area contributed by atoms with E-state index < -0.39 is 11.9 Å². The fourth-order valence-electron chi connectivity index (χ4n) is 3.48. The maximum atomic E-state index is 12.4. The third-order valence-corrected chi connectivity index (χ3v) is 6.48. The van der Waals surface area contributed by atoms with Gasteiger partial charge in [0.2, 0.25) is 0 Å². The molecular weight excluding hydrogens is 396 g/mol. The van der Waals surface area contributed by atoms with Gasteiger partial charge < -0.3 is 20.1 Å². The quantitative estimate of drug-likeness (QED) is 0.485. The van der Waals surface area contributed by atoms with Crippen molar-refractivity contribution in [1.29, 1.82) is 0 Å². The lowest BCUT2D eigenvalue weighted by molar-refractivity contribution is 0.0527. The number of esters is 2. The Morgan fingerprint density at radius 2 is 1.68 bits per heavy atom. The van der Waals surface area contributed by atoms with Crippen LogP contribution in [0.25, 0.3) is 0 Å². The molecule has 0 saturated heterocycles. The van der Waals surface area contributed by atoms with Gasteiger partial charge in [-0.3, -0.25) is 0 Å². The molecule has 1 heterocycles. The minimum absolute atomic E-state index is 0.256. The number of thiophene rings is 1. The lowest BCUT2D eigenvalue weighted by Gasteiger charge is -2.29. The van der Waals surface area contributed by atoms with Crippen LogP contribution in [0.4, 0.5) is 5.00 Å². The van der Waals surface area contributed by atoms with Crippen molar-refractivity contribution in [3.8, 4) is 0 Å².